The van der Waals surface area contributed by atoms with Gasteiger partial charge >= 0.3 is 6.09 Å². The number of hydrazine groups is 1. The van der Waals surface area contributed by atoms with Gasteiger partial charge in [0.15, 0.2) is 6.35 Å². The largest absolute Gasteiger partial charge is 0.443 e. The second kappa shape index (κ2) is 4.59. The van der Waals surface area contributed by atoms with Crippen LogP contribution in [0, 0.1) is 0 Å². The van der Waals surface area contributed by atoms with Crippen molar-refractivity contribution in [2.24, 2.45) is 0 Å². The minimum absolute atomic E-state index is 0.331. The highest BCUT2D eigenvalue weighted by atomic mass is 16.6. The quantitative estimate of drug-likeness (QED) is 0.547. The fraction of sp³-hybridized carbons (Fsp3) is 0.875. The molecule has 1 unspecified atom stereocenters. The summed E-state index contributed by atoms with van der Waals surface area (Å²) in [5.74, 6) is 0. The zero-order chi connectivity index (χ0) is 10.6. The summed E-state index contributed by atoms with van der Waals surface area (Å²) in [6.45, 7) is 6.81. The van der Waals surface area contributed by atoms with Crippen LogP contribution < -0.4 is 16.2 Å². The first kappa shape index (κ1) is 11.2. The molecule has 0 bridgehead atoms. The maximum Gasteiger partial charge on any atom is 0.422 e. The van der Waals surface area contributed by atoms with Crippen molar-refractivity contribution in [2.75, 3.05) is 13.2 Å². The van der Waals surface area contributed by atoms with Crippen LogP contribution in [0.5, 0.6) is 0 Å². The number of amides is 1. The molecule has 6 heteroatoms. The van der Waals surface area contributed by atoms with E-state index in [0.29, 0.717) is 6.61 Å². The number of carbonyl (C=O) groups excluding carboxylic acids is 1. The highest BCUT2D eigenvalue weighted by molar-refractivity contribution is 5.66. The Hall–Kier alpha value is -0.850. The van der Waals surface area contributed by atoms with E-state index in [0.717, 1.165) is 6.54 Å². The van der Waals surface area contributed by atoms with Crippen molar-refractivity contribution in [3.8, 4) is 0 Å². The van der Waals surface area contributed by atoms with E-state index in [1.54, 1.807) is 20.8 Å². The van der Waals surface area contributed by atoms with Gasteiger partial charge in [0, 0.05) is 6.54 Å². The summed E-state index contributed by atoms with van der Waals surface area (Å²) < 4.78 is 10.1. The van der Waals surface area contributed by atoms with E-state index in [4.69, 9.17) is 9.47 Å². The first-order valence-electron chi connectivity index (χ1n) is 4.57. The van der Waals surface area contributed by atoms with E-state index in [2.05, 4.69) is 16.2 Å². The molecule has 0 radical (unpaired) electrons. The SMILES string of the molecule is CC(C)(C)OC(=O)NNC1NCCO1. The number of ether oxygens (including phenoxy) is 2. The Kier molecular flexibility index (Phi) is 3.68. The molecular formula is C8H17N3O3. The molecule has 0 aromatic rings. The number of carbonyl (C=O) groups is 1. The Balaban J connectivity index is 2.14. The van der Waals surface area contributed by atoms with Crippen LogP contribution in [0.15, 0.2) is 0 Å². The molecule has 0 aromatic carbocycles. The standard InChI is InChI=1S/C8H17N3O3/c1-8(2,3)14-7(12)11-10-6-9-4-5-13-6/h6,9-10H,4-5H2,1-3H3,(H,11,12). The number of nitrogens with one attached hydrogen (secondary N) is 3. The Labute approximate surface area is 83.3 Å². The third-order valence-corrected chi connectivity index (χ3v) is 1.42. The van der Waals surface area contributed by atoms with Crippen molar-refractivity contribution in [3.63, 3.8) is 0 Å². The predicted octanol–water partition coefficient (Wildman–Crippen LogP) is -0.0809. The summed E-state index contributed by atoms with van der Waals surface area (Å²) in [5, 5.41) is 2.97. The monoisotopic (exact) mass is 203 g/mol. The smallest absolute Gasteiger partial charge is 0.422 e. The fourth-order valence-electron chi connectivity index (χ4n) is 0.947. The molecule has 1 fully saturated rings. The van der Waals surface area contributed by atoms with E-state index in [1.165, 1.54) is 0 Å². The van der Waals surface area contributed by atoms with Crippen molar-refractivity contribution >= 4 is 6.09 Å². The molecular weight excluding hydrogens is 186 g/mol. The zero-order valence-electron chi connectivity index (χ0n) is 8.72. The van der Waals surface area contributed by atoms with Crippen molar-refractivity contribution in [3.05, 3.63) is 0 Å². The fourth-order valence-corrected chi connectivity index (χ4v) is 0.947. The highest BCUT2D eigenvalue weighted by Crippen LogP contribution is 2.05. The van der Waals surface area contributed by atoms with E-state index >= 15 is 0 Å². The molecule has 1 atom stereocenters. The lowest BCUT2D eigenvalue weighted by Crippen LogP contribution is -2.50. The van der Waals surface area contributed by atoms with Gasteiger partial charge in [-0.15, -0.1) is 0 Å². The van der Waals surface area contributed by atoms with Crippen LogP contribution >= 0.6 is 0 Å². The molecule has 1 amide bonds. The van der Waals surface area contributed by atoms with E-state index in [9.17, 15) is 4.79 Å². The van der Waals surface area contributed by atoms with Gasteiger partial charge in [0.25, 0.3) is 0 Å². The Morgan fingerprint density at radius 2 is 2.29 bits per heavy atom. The lowest BCUT2D eigenvalue weighted by Gasteiger charge is -2.20. The normalized spacial score (nSPS) is 22.1. The van der Waals surface area contributed by atoms with Gasteiger partial charge in [0.1, 0.15) is 5.60 Å². The molecule has 1 saturated heterocycles. The molecule has 0 aromatic heterocycles. The van der Waals surface area contributed by atoms with Gasteiger partial charge in [0.05, 0.1) is 6.61 Å². The van der Waals surface area contributed by atoms with Crippen LogP contribution in [-0.4, -0.2) is 31.2 Å². The molecule has 1 rings (SSSR count). The summed E-state index contributed by atoms with van der Waals surface area (Å²) in [6, 6.07) is 0. The Morgan fingerprint density at radius 1 is 1.57 bits per heavy atom. The summed E-state index contributed by atoms with van der Waals surface area (Å²) in [4.78, 5) is 11.1. The summed E-state index contributed by atoms with van der Waals surface area (Å²) in [7, 11) is 0. The number of hydrogen-bond acceptors (Lipinski definition) is 5. The van der Waals surface area contributed by atoms with Gasteiger partial charge in [-0.2, -0.15) is 5.43 Å². The molecule has 6 nitrogen and oxygen atoms in total. The number of hydrogen-bond donors (Lipinski definition) is 3. The van der Waals surface area contributed by atoms with Crippen molar-refractivity contribution in [1.29, 1.82) is 0 Å². The van der Waals surface area contributed by atoms with Gasteiger partial charge in [-0.1, -0.05) is 0 Å². The lowest BCUT2D eigenvalue weighted by molar-refractivity contribution is 0.0292. The molecule has 0 aliphatic carbocycles. The summed E-state index contributed by atoms with van der Waals surface area (Å²) in [6.07, 6.45) is -0.850. The molecule has 1 aliphatic rings. The third-order valence-electron chi connectivity index (χ3n) is 1.42. The minimum atomic E-state index is -0.519. The van der Waals surface area contributed by atoms with Crippen LogP contribution in [0.3, 0.4) is 0 Å². The number of rotatable bonds is 2. The molecule has 1 aliphatic heterocycles. The summed E-state index contributed by atoms with van der Waals surface area (Å²) in [5.41, 5.74) is 4.54. The maximum atomic E-state index is 11.1. The molecule has 0 spiro atoms. The highest BCUT2D eigenvalue weighted by Gasteiger charge is 2.18. The first-order valence-corrected chi connectivity index (χ1v) is 4.57. The zero-order valence-corrected chi connectivity index (χ0v) is 8.72. The first-order chi connectivity index (χ1) is 6.47. The maximum absolute atomic E-state index is 11.1. The van der Waals surface area contributed by atoms with Gasteiger partial charge < -0.3 is 9.47 Å². The molecule has 14 heavy (non-hydrogen) atoms. The molecule has 1 heterocycles. The van der Waals surface area contributed by atoms with Crippen molar-refractivity contribution in [2.45, 2.75) is 32.7 Å². The van der Waals surface area contributed by atoms with Gasteiger partial charge in [-0.3, -0.25) is 10.7 Å². The average molecular weight is 203 g/mol. The molecule has 82 valence electrons. The minimum Gasteiger partial charge on any atom is -0.443 e. The predicted molar refractivity (Wildman–Crippen MR) is 50.2 cm³/mol. The van der Waals surface area contributed by atoms with Gasteiger partial charge in [-0.05, 0) is 20.8 Å². The Morgan fingerprint density at radius 3 is 2.79 bits per heavy atom. The lowest BCUT2D eigenvalue weighted by atomic mass is 10.2. The Bertz CT molecular complexity index is 196. The summed E-state index contributed by atoms with van der Waals surface area (Å²) >= 11 is 0. The van der Waals surface area contributed by atoms with Crippen LogP contribution in [0.25, 0.3) is 0 Å². The molecule has 0 saturated carbocycles. The second-order valence-electron chi connectivity index (χ2n) is 3.98. The van der Waals surface area contributed by atoms with Gasteiger partial charge in [0.2, 0.25) is 0 Å². The second-order valence-corrected chi connectivity index (χ2v) is 3.98. The topological polar surface area (TPSA) is 71.6 Å². The van der Waals surface area contributed by atoms with Crippen molar-refractivity contribution < 1.29 is 14.3 Å². The van der Waals surface area contributed by atoms with Crippen LogP contribution in [0.4, 0.5) is 4.79 Å². The molecule has 3 N–H and O–H groups in total. The van der Waals surface area contributed by atoms with E-state index in [1.807, 2.05) is 0 Å². The average Bonchev–Trinajstić information content (AvgIpc) is 2.49. The van der Waals surface area contributed by atoms with E-state index < -0.39 is 11.7 Å². The third kappa shape index (κ3) is 4.40. The van der Waals surface area contributed by atoms with Crippen LogP contribution in [-0.2, 0) is 9.47 Å². The van der Waals surface area contributed by atoms with Crippen LogP contribution in [0.1, 0.15) is 20.8 Å². The van der Waals surface area contributed by atoms with Crippen LogP contribution in [0.2, 0.25) is 0 Å². The van der Waals surface area contributed by atoms with Gasteiger partial charge in [-0.25, -0.2) is 4.79 Å². The van der Waals surface area contributed by atoms with Crippen molar-refractivity contribution in [1.82, 2.24) is 16.2 Å². The van der Waals surface area contributed by atoms with E-state index in [-0.39, 0.29) is 6.35 Å².